The molecular formula is C18H18Cl2N2O3. The Morgan fingerprint density at radius 2 is 1.72 bits per heavy atom. The van der Waals surface area contributed by atoms with E-state index in [-0.39, 0.29) is 23.1 Å². The van der Waals surface area contributed by atoms with Gasteiger partial charge in [0, 0.05) is 26.3 Å². The van der Waals surface area contributed by atoms with Crippen LogP contribution in [-0.4, -0.2) is 32.6 Å². The van der Waals surface area contributed by atoms with Gasteiger partial charge in [0.25, 0.3) is 5.91 Å². The summed E-state index contributed by atoms with van der Waals surface area (Å²) in [5, 5.41) is 3.29. The number of anilines is 1. The highest BCUT2D eigenvalue weighted by Crippen LogP contribution is 2.22. The predicted molar refractivity (Wildman–Crippen MR) is 99.4 cm³/mol. The van der Waals surface area contributed by atoms with E-state index < -0.39 is 5.97 Å². The third-order valence-corrected chi connectivity index (χ3v) is 4.17. The van der Waals surface area contributed by atoms with Crippen LogP contribution in [0.5, 0.6) is 0 Å². The van der Waals surface area contributed by atoms with Gasteiger partial charge in [-0.05, 0) is 35.9 Å². The van der Waals surface area contributed by atoms with Crippen molar-refractivity contribution in [1.82, 2.24) is 5.32 Å². The van der Waals surface area contributed by atoms with Crippen molar-refractivity contribution in [2.45, 2.75) is 6.54 Å². The Balaban J connectivity index is 1.80. The molecule has 0 aliphatic carbocycles. The molecule has 0 aliphatic heterocycles. The average molecular weight is 381 g/mol. The number of nitrogens with zero attached hydrogens (tertiary/aromatic N) is 1. The molecule has 0 aromatic heterocycles. The van der Waals surface area contributed by atoms with Gasteiger partial charge in [0.1, 0.15) is 0 Å². The number of ether oxygens (including phenoxy) is 1. The van der Waals surface area contributed by atoms with Gasteiger partial charge < -0.3 is 15.0 Å². The number of halogens is 2. The van der Waals surface area contributed by atoms with E-state index in [1.807, 2.05) is 43.3 Å². The molecule has 0 unspecified atom stereocenters. The molecule has 25 heavy (non-hydrogen) atoms. The Labute approximate surface area is 156 Å². The molecule has 0 saturated carbocycles. The van der Waals surface area contributed by atoms with E-state index in [4.69, 9.17) is 27.9 Å². The molecule has 132 valence electrons. The first-order chi connectivity index (χ1) is 11.9. The summed E-state index contributed by atoms with van der Waals surface area (Å²) in [5.74, 6) is -1.02. The average Bonchev–Trinajstić information content (AvgIpc) is 2.60. The zero-order valence-electron chi connectivity index (χ0n) is 13.9. The smallest absolute Gasteiger partial charge is 0.338 e. The summed E-state index contributed by atoms with van der Waals surface area (Å²) >= 11 is 11.6. The summed E-state index contributed by atoms with van der Waals surface area (Å²) in [5.41, 5.74) is 2.27. The predicted octanol–water partition coefficient (Wildman–Crippen LogP) is 3.53. The van der Waals surface area contributed by atoms with Crippen LogP contribution in [-0.2, 0) is 16.1 Å². The zero-order valence-corrected chi connectivity index (χ0v) is 15.4. The van der Waals surface area contributed by atoms with Gasteiger partial charge in [0.15, 0.2) is 6.61 Å². The van der Waals surface area contributed by atoms with Crippen LogP contribution in [0.15, 0.2) is 42.5 Å². The maximum Gasteiger partial charge on any atom is 0.338 e. The quantitative estimate of drug-likeness (QED) is 0.778. The molecule has 0 radical (unpaired) electrons. The number of carbonyl (C=O) groups excluding carboxylic acids is 2. The topological polar surface area (TPSA) is 58.6 Å². The fraction of sp³-hybridized carbons (Fsp3) is 0.222. The van der Waals surface area contributed by atoms with Gasteiger partial charge in [-0.1, -0.05) is 35.3 Å². The molecule has 0 atom stereocenters. The van der Waals surface area contributed by atoms with E-state index >= 15 is 0 Å². The van der Waals surface area contributed by atoms with Crippen molar-refractivity contribution in [3.05, 3.63) is 63.6 Å². The third-order valence-electron chi connectivity index (χ3n) is 3.43. The number of benzene rings is 2. The van der Waals surface area contributed by atoms with Crippen LogP contribution in [0, 0.1) is 0 Å². The number of nitrogens with one attached hydrogen (secondary N) is 1. The lowest BCUT2D eigenvalue weighted by Crippen LogP contribution is -2.28. The van der Waals surface area contributed by atoms with Gasteiger partial charge in [-0.15, -0.1) is 0 Å². The van der Waals surface area contributed by atoms with E-state index in [2.05, 4.69) is 5.32 Å². The van der Waals surface area contributed by atoms with Gasteiger partial charge in [-0.25, -0.2) is 4.79 Å². The van der Waals surface area contributed by atoms with E-state index in [1.165, 1.54) is 18.2 Å². The number of hydrogen-bond acceptors (Lipinski definition) is 4. The van der Waals surface area contributed by atoms with E-state index in [9.17, 15) is 9.59 Å². The fourth-order valence-electron chi connectivity index (χ4n) is 2.00. The summed E-state index contributed by atoms with van der Waals surface area (Å²) in [6, 6.07) is 12.2. The number of carbonyl (C=O) groups is 2. The van der Waals surface area contributed by atoms with Gasteiger partial charge in [0.05, 0.1) is 15.6 Å². The van der Waals surface area contributed by atoms with Crippen molar-refractivity contribution in [2.24, 2.45) is 0 Å². The van der Waals surface area contributed by atoms with Crippen LogP contribution < -0.4 is 10.2 Å². The second kappa shape index (κ2) is 8.74. The van der Waals surface area contributed by atoms with Crippen molar-refractivity contribution in [2.75, 3.05) is 25.6 Å². The van der Waals surface area contributed by atoms with Crippen molar-refractivity contribution in [3.8, 4) is 0 Å². The Morgan fingerprint density at radius 3 is 2.32 bits per heavy atom. The SMILES string of the molecule is CN(C)c1ccc(CNC(=O)COC(=O)c2ccc(Cl)c(Cl)c2)cc1. The largest absolute Gasteiger partial charge is 0.452 e. The second-order valence-electron chi connectivity index (χ2n) is 5.54. The van der Waals surface area contributed by atoms with Gasteiger partial charge in [0.2, 0.25) is 0 Å². The molecule has 1 N–H and O–H groups in total. The molecule has 0 aliphatic rings. The molecule has 1 amide bonds. The number of rotatable bonds is 6. The lowest BCUT2D eigenvalue weighted by molar-refractivity contribution is -0.124. The van der Waals surface area contributed by atoms with E-state index in [1.54, 1.807) is 0 Å². The van der Waals surface area contributed by atoms with Crippen molar-refractivity contribution in [1.29, 1.82) is 0 Å². The molecular weight excluding hydrogens is 363 g/mol. The monoisotopic (exact) mass is 380 g/mol. The number of esters is 1. The summed E-state index contributed by atoms with van der Waals surface area (Å²) < 4.78 is 4.96. The molecule has 2 rings (SSSR count). The number of hydrogen-bond donors (Lipinski definition) is 1. The maximum absolute atomic E-state index is 11.9. The summed E-state index contributed by atoms with van der Waals surface area (Å²) in [7, 11) is 3.91. The molecule has 5 nitrogen and oxygen atoms in total. The van der Waals surface area contributed by atoms with E-state index in [0.29, 0.717) is 11.6 Å². The summed E-state index contributed by atoms with van der Waals surface area (Å²) in [6.45, 7) is -0.00821. The van der Waals surface area contributed by atoms with Crippen LogP contribution in [0.1, 0.15) is 15.9 Å². The molecule has 0 spiro atoms. The minimum atomic E-state index is -0.635. The summed E-state index contributed by atoms with van der Waals surface area (Å²) in [4.78, 5) is 25.7. The molecule has 0 bridgehead atoms. The summed E-state index contributed by atoms with van der Waals surface area (Å²) in [6.07, 6.45) is 0. The Morgan fingerprint density at radius 1 is 1.04 bits per heavy atom. The minimum Gasteiger partial charge on any atom is -0.452 e. The lowest BCUT2D eigenvalue weighted by Gasteiger charge is -2.13. The molecule has 2 aromatic rings. The lowest BCUT2D eigenvalue weighted by atomic mass is 10.2. The van der Waals surface area contributed by atoms with E-state index in [0.717, 1.165) is 11.3 Å². The molecule has 7 heteroatoms. The first-order valence-corrected chi connectivity index (χ1v) is 8.27. The number of amides is 1. The highest BCUT2D eigenvalue weighted by molar-refractivity contribution is 6.42. The van der Waals surface area contributed by atoms with Gasteiger partial charge in [-0.3, -0.25) is 4.79 Å². The van der Waals surface area contributed by atoms with Gasteiger partial charge >= 0.3 is 5.97 Å². The van der Waals surface area contributed by atoms with Crippen LogP contribution in [0.3, 0.4) is 0 Å². The molecule has 0 heterocycles. The second-order valence-corrected chi connectivity index (χ2v) is 6.36. The Hall–Kier alpha value is -2.24. The Kier molecular flexibility index (Phi) is 6.67. The maximum atomic E-state index is 11.9. The van der Waals surface area contributed by atoms with Crippen molar-refractivity contribution < 1.29 is 14.3 Å². The van der Waals surface area contributed by atoms with Crippen LogP contribution >= 0.6 is 23.2 Å². The highest BCUT2D eigenvalue weighted by atomic mass is 35.5. The first kappa shape index (κ1) is 19.1. The Bertz CT molecular complexity index is 761. The zero-order chi connectivity index (χ0) is 18.4. The minimum absolute atomic E-state index is 0.237. The molecule has 2 aromatic carbocycles. The van der Waals surface area contributed by atoms with Crippen LogP contribution in [0.25, 0.3) is 0 Å². The normalized spacial score (nSPS) is 10.2. The van der Waals surface area contributed by atoms with Gasteiger partial charge in [-0.2, -0.15) is 0 Å². The molecule has 0 saturated heterocycles. The van der Waals surface area contributed by atoms with Crippen LogP contribution in [0.4, 0.5) is 5.69 Å². The first-order valence-electron chi connectivity index (χ1n) is 7.52. The molecule has 0 fully saturated rings. The third kappa shape index (κ3) is 5.66. The van der Waals surface area contributed by atoms with Crippen molar-refractivity contribution in [3.63, 3.8) is 0 Å². The van der Waals surface area contributed by atoms with Crippen LogP contribution in [0.2, 0.25) is 10.0 Å². The standard InChI is InChI=1S/C18H18Cl2N2O3/c1-22(2)14-6-3-12(4-7-14)10-21-17(23)11-25-18(24)13-5-8-15(19)16(20)9-13/h3-9H,10-11H2,1-2H3,(H,21,23). The van der Waals surface area contributed by atoms with Crippen molar-refractivity contribution >= 4 is 40.8 Å². The fourth-order valence-corrected chi connectivity index (χ4v) is 2.30. The highest BCUT2D eigenvalue weighted by Gasteiger charge is 2.11.